The van der Waals surface area contributed by atoms with Gasteiger partial charge in [0.25, 0.3) is 5.91 Å². The molecule has 3 heterocycles. The first-order chi connectivity index (χ1) is 11.5. The summed E-state index contributed by atoms with van der Waals surface area (Å²) < 4.78 is 5.07. The van der Waals surface area contributed by atoms with Crippen LogP contribution in [0.15, 0.2) is 12.4 Å². The highest BCUT2D eigenvalue weighted by Gasteiger charge is 2.24. The van der Waals surface area contributed by atoms with Gasteiger partial charge in [0.15, 0.2) is 0 Å². The number of nitrogens with two attached hydrogens (primary N) is 1. The van der Waals surface area contributed by atoms with Gasteiger partial charge in [0, 0.05) is 32.4 Å². The van der Waals surface area contributed by atoms with Gasteiger partial charge in [-0.25, -0.2) is 4.98 Å². The van der Waals surface area contributed by atoms with E-state index < -0.39 is 6.10 Å². The van der Waals surface area contributed by atoms with Gasteiger partial charge in [0.2, 0.25) is 0 Å². The average molecular weight is 352 g/mol. The van der Waals surface area contributed by atoms with Crippen LogP contribution in [-0.4, -0.2) is 48.2 Å². The zero-order valence-corrected chi connectivity index (χ0v) is 14.6. The zero-order valence-electron chi connectivity index (χ0n) is 13.8. The molecule has 0 saturated carbocycles. The fourth-order valence-corrected chi connectivity index (χ4v) is 3.28. The maximum atomic E-state index is 12.2. The number of hydrogen-bond donors (Lipinski definition) is 3. The maximum Gasteiger partial charge on any atom is 0.253 e. The number of nitrogens with zero attached hydrogens (tertiary/aromatic N) is 2. The lowest BCUT2D eigenvalue weighted by Gasteiger charge is -2.33. The van der Waals surface area contributed by atoms with Crippen molar-refractivity contribution in [3.8, 4) is 0 Å². The van der Waals surface area contributed by atoms with E-state index in [1.54, 1.807) is 19.3 Å². The second-order valence-electron chi connectivity index (χ2n) is 6.10. The number of nitrogens with one attached hydrogen (secondary N) is 2. The molecule has 0 spiro atoms. The SMILES string of the molecule is COC(C)C(=O)Nc1c[nH]c2ncc(Cl)c(N3CCC[C@@H](N)C3)c12. The molecule has 7 nitrogen and oxygen atoms in total. The second-order valence-corrected chi connectivity index (χ2v) is 6.50. The molecule has 0 bridgehead atoms. The fraction of sp³-hybridized carbons (Fsp3) is 0.500. The lowest BCUT2D eigenvalue weighted by Crippen LogP contribution is -2.43. The van der Waals surface area contributed by atoms with Crippen molar-refractivity contribution in [2.45, 2.75) is 31.9 Å². The van der Waals surface area contributed by atoms with Crippen LogP contribution in [0.4, 0.5) is 11.4 Å². The highest BCUT2D eigenvalue weighted by Crippen LogP contribution is 2.38. The van der Waals surface area contributed by atoms with E-state index >= 15 is 0 Å². The summed E-state index contributed by atoms with van der Waals surface area (Å²) in [7, 11) is 1.50. The first kappa shape index (κ1) is 17.0. The Hall–Kier alpha value is -1.83. The highest BCUT2D eigenvalue weighted by molar-refractivity contribution is 6.35. The Kier molecular flexibility index (Phi) is 4.93. The van der Waals surface area contributed by atoms with Crippen LogP contribution in [0.1, 0.15) is 19.8 Å². The first-order valence-corrected chi connectivity index (χ1v) is 8.38. The number of piperidine rings is 1. The third kappa shape index (κ3) is 3.19. The summed E-state index contributed by atoms with van der Waals surface area (Å²) in [5.41, 5.74) is 8.29. The number of halogens is 1. The van der Waals surface area contributed by atoms with Gasteiger partial charge in [-0.1, -0.05) is 11.6 Å². The number of rotatable bonds is 4. The molecule has 130 valence electrons. The molecular formula is C16H22ClN5O2. The zero-order chi connectivity index (χ0) is 17.3. The number of pyridine rings is 1. The van der Waals surface area contributed by atoms with Gasteiger partial charge in [-0.2, -0.15) is 0 Å². The third-order valence-corrected chi connectivity index (χ3v) is 4.66. The van der Waals surface area contributed by atoms with Gasteiger partial charge >= 0.3 is 0 Å². The van der Waals surface area contributed by atoms with Gasteiger partial charge in [0.1, 0.15) is 11.8 Å². The number of H-pyrrole nitrogens is 1. The van der Waals surface area contributed by atoms with Gasteiger partial charge in [0.05, 0.1) is 28.0 Å². The molecule has 0 radical (unpaired) electrons. The minimum absolute atomic E-state index is 0.114. The van der Waals surface area contributed by atoms with Gasteiger partial charge in [-0.15, -0.1) is 0 Å². The van der Waals surface area contributed by atoms with Crippen LogP contribution in [0.3, 0.4) is 0 Å². The van der Waals surface area contributed by atoms with Crippen LogP contribution in [0.25, 0.3) is 11.0 Å². The summed E-state index contributed by atoms with van der Waals surface area (Å²) in [6, 6.07) is 0.114. The number of ether oxygens (including phenoxy) is 1. The topological polar surface area (TPSA) is 96.3 Å². The predicted molar refractivity (Wildman–Crippen MR) is 95.6 cm³/mol. The molecule has 1 aliphatic heterocycles. The van der Waals surface area contributed by atoms with E-state index in [1.807, 2.05) is 0 Å². The number of amides is 1. The average Bonchev–Trinajstić information content (AvgIpc) is 2.96. The normalized spacial score (nSPS) is 19.5. The van der Waals surface area contributed by atoms with E-state index in [4.69, 9.17) is 22.1 Å². The van der Waals surface area contributed by atoms with E-state index in [0.717, 1.165) is 37.0 Å². The molecule has 8 heteroatoms. The summed E-state index contributed by atoms with van der Waals surface area (Å²) in [4.78, 5) is 21.7. The van der Waals surface area contributed by atoms with Crippen LogP contribution < -0.4 is 16.0 Å². The van der Waals surface area contributed by atoms with E-state index in [9.17, 15) is 4.79 Å². The van der Waals surface area contributed by atoms with E-state index in [0.29, 0.717) is 16.4 Å². The summed E-state index contributed by atoms with van der Waals surface area (Å²) in [5.74, 6) is -0.223. The molecule has 1 aliphatic rings. The molecule has 2 aromatic rings. The molecule has 3 rings (SSSR count). The second kappa shape index (κ2) is 6.96. The Labute approximate surface area is 145 Å². The summed E-state index contributed by atoms with van der Waals surface area (Å²) >= 11 is 6.44. The molecule has 1 fully saturated rings. The summed E-state index contributed by atoms with van der Waals surface area (Å²) in [5, 5.41) is 4.23. The first-order valence-electron chi connectivity index (χ1n) is 8.01. The standard InChI is InChI=1S/C16H22ClN5O2/c1-9(24-2)16(23)21-12-7-20-15-13(12)14(11(17)6-19-15)22-5-3-4-10(18)8-22/h6-7,9-10H,3-5,8,18H2,1-2H3,(H,19,20)(H,21,23)/t9?,10-/m1/s1. The fourth-order valence-electron chi connectivity index (χ4n) is 3.02. The number of anilines is 2. The van der Waals surface area contributed by atoms with Crippen molar-refractivity contribution in [1.82, 2.24) is 9.97 Å². The molecule has 2 aromatic heterocycles. The monoisotopic (exact) mass is 351 g/mol. The molecule has 2 atom stereocenters. The van der Waals surface area contributed by atoms with E-state index in [2.05, 4.69) is 20.2 Å². The van der Waals surface area contributed by atoms with Crippen LogP contribution >= 0.6 is 11.6 Å². The molecular weight excluding hydrogens is 330 g/mol. The van der Waals surface area contributed by atoms with Crippen LogP contribution in [0, 0.1) is 0 Å². The quantitative estimate of drug-likeness (QED) is 0.784. The van der Waals surface area contributed by atoms with Crippen molar-refractivity contribution >= 4 is 39.9 Å². The maximum absolute atomic E-state index is 12.2. The van der Waals surface area contributed by atoms with Gasteiger partial charge < -0.3 is 25.7 Å². The molecule has 0 aromatic carbocycles. The van der Waals surface area contributed by atoms with Crippen molar-refractivity contribution in [2.75, 3.05) is 30.4 Å². The van der Waals surface area contributed by atoms with Crippen molar-refractivity contribution < 1.29 is 9.53 Å². The molecule has 0 aliphatic carbocycles. The van der Waals surface area contributed by atoms with Crippen LogP contribution in [-0.2, 0) is 9.53 Å². The molecule has 1 saturated heterocycles. The largest absolute Gasteiger partial charge is 0.372 e. The molecule has 4 N–H and O–H groups in total. The Morgan fingerprint density at radius 2 is 2.42 bits per heavy atom. The minimum Gasteiger partial charge on any atom is -0.372 e. The number of fused-ring (bicyclic) bond motifs is 1. The third-order valence-electron chi connectivity index (χ3n) is 4.38. The van der Waals surface area contributed by atoms with Crippen molar-refractivity contribution in [3.63, 3.8) is 0 Å². The van der Waals surface area contributed by atoms with Crippen molar-refractivity contribution in [3.05, 3.63) is 17.4 Å². The number of carbonyl (C=O) groups is 1. The minimum atomic E-state index is -0.547. The summed E-state index contributed by atoms with van der Waals surface area (Å²) in [6.07, 6.45) is 4.81. The van der Waals surface area contributed by atoms with Crippen molar-refractivity contribution in [2.24, 2.45) is 5.73 Å². The molecule has 1 amide bonds. The molecule has 1 unspecified atom stereocenters. The van der Waals surface area contributed by atoms with E-state index in [-0.39, 0.29) is 11.9 Å². The number of methoxy groups -OCH3 is 1. The number of hydrogen-bond acceptors (Lipinski definition) is 5. The number of carbonyl (C=O) groups excluding carboxylic acids is 1. The number of aromatic amines is 1. The molecule has 24 heavy (non-hydrogen) atoms. The Bertz CT molecular complexity index is 747. The van der Waals surface area contributed by atoms with Gasteiger partial charge in [-0.05, 0) is 19.8 Å². The summed E-state index contributed by atoms with van der Waals surface area (Å²) in [6.45, 7) is 3.30. The van der Waals surface area contributed by atoms with Crippen LogP contribution in [0.5, 0.6) is 0 Å². The Morgan fingerprint density at radius 1 is 1.62 bits per heavy atom. The lowest BCUT2D eigenvalue weighted by molar-refractivity contribution is -0.124. The highest BCUT2D eigenvalue weighted by atomic mass is 35.5. The van der Waals surface area contributed by atoms with E-state index in [1.165, 1.54) is 7.11 Å². The van der Waals surface area contributed by atoms with Crippen LogP contribution in [0.2, 0.25) is 5.02 Å². The van der Waals surface area contributed by atoms with Crippen molar-refractivity contribution in [1.29, 1.82) is 0 Å². The Morgan fingerprint density at radius 3 is 3.12 bits per heavy atom. The smallest absolute Gasteiger partial charge is 0.253 e. The number of aromatic nitrogens is 2. The predicted octanol–water partition coefficient (Wildman–Crippen LogP) is 2.12. The lowest BCUT2D eigenvalue weighted by atomic mass is 10.1. The Balaban J connectivity index is 2.02. The van der Waals surface area contributed by atoms with Gasteiger partial charge in [-0.3, -0.25) is 4.79 Å².